The van der Waals surface area contributed by atoms with Gasteiger partial charge in [-0.2, -0.15) is 0 Å². The lowest BCUT2D eigenvalue weighted by Gasteiger charge is -2.16. The van der Waals surface area contributed by atoms with Crippen LogP contribution in [0.2, 0.25) is 0 Å². The molecule has 0 aromatic carbocycles. The fourth-order valence-corrected chi connectivity index (χ4v) is 0.772. The van der Waals surface area contributed by atoms with Crippen molar-refractivity contribution < 1.29 is 4.79 Å². The Morgan fingerprint density at radius 2 is 2.08 bits per heavy atom. The summed E-state index contributed by atoms with van der Waals surface area (Å²) in [6.07, 6.45) is 7.10. The molecule has 0 fully saturated rings. The number of carbonyl (C=O) groups is 1. The van der Waals surface area contributed by atoms with Gasteiger partial charge in [-0.3, -0.25) is 4.79 Å². The summed E-state index contributed by atoms with van der Waals surface area (Å²) in [6.45, 7) is 9.87. The van der Waals surface area contributed by atoms with E-state index in [-0.39, 0.29) is 5.91 Å². The van der Waals surface area contributed by atoms with E-state index in [0.29, 0.717) is 13.1 Å². The van der Waals surface area contributed by atoms with Gasteiger partial charge in [-0.05, 0) is 0 Å². The van der Waals surface area contributed by atoms with Crippen LogP contribution in [0.15, 0.2) is 37.5 Å². The molecule has 0 radical (unpaired) electrons. The van der Waals surface area contributed by atoms with E-state index < -0.39 is 0 Å². The summed E-state index contributed by atoms with van der Waals surface area (Å²) in [5.41, 5.74) is 0. The van der Waals surface area contributed by atoms with Crippen LogP contribution < -0.4 is 0 Å². The van der Waals surface area contributed by atoms with Gasteiger partial charge in [0.1, 0.15) is 0 Å². The van der Waals surface area contributed by atoms with Gasteiger partial charge in [-0.1, -0.05) is 30.9 Å². The molecule has 0 N–H and O–H groups in total. The zero-order valence-corrected chi connectivity index (χ0v) is 7.49. The minimum Gasteiger partial charge on any atom is -0.335 e. The fourth-order valence-electron chi connectivity index (χ4n) is 0.772. The normalized spacial score (nSPS) is 9.75. The van der Waals surface area contributed by atoms with Gasteiger partial charge in [0.15, 0.2) is 0 Å². The lowest BCUT2D eigenvalue weighted by molar-refractivity contribution is -0.127. The molecule has 0 aliphatic rings. The Hall–Kier alpha value is -1.31. The quantitative estimate of drug-likeness (QED) is 0.449. The second kappa shape index (κ2) is 6.40. The largest absolute Gasteiger partial charge is 0.335 e. The smallest absolute Gasteiger partial charge is 0.220 e. The first-order valence-corrected chi connectivity index (χ1v) is 3.86. The summed E-state index contributed by atoms with van der Waals surface area (Å²) >= 11 is 0. The second-order valence-corrected chi connectivity index (χ2v) is 2.38. The Kier molecular flexibility index (Phi) is 5.70. The summed E-state index contributed by atoms with van der Waals surface area (Å²) < 4.78 is 0. The highest BCUT2D eigenvalue weighted by atomic mass is 16.2. The molecular weight excluding hydrogens is 150 g/mol. The van der Waals surface area contributed by atoms with E-state index in [9.17, 15) is 4.79 Å². The molecule has 0 aromatic heterocycles. The molecule has 0 heterocycles. The molecule has 0 saturated heterocycles. The van der Waals surface area contributed by atoms with Crippen molar-refractivity contribution in [1.82, 2.24) is 4.90 Å². The Morgan fingerprint density at radius 3 is 2.50 bits per heavy atom. The van der Waals surface area contributed by atoms with Gasteiger partial charge >= 0.3 is 0 Å². The number of allylic oxidation sites excluding steroid dienone is 2. The summed E-state index contributed by atoms with van der Waals surface area (Å²) in [5.74, 6) is 0.0589. The molecular formula is C10H15NO. The highest BCUT2D eigenvalue weighted by molar-refractivity contribution is 5.73. The standard InChI is InChI=1S/C10H15NO/c1-4-6-7-9-11(8-5-2)10(3)12/h4-7H,1-2,8-9H2,3H3/b7-6+. The van der Waals surface area contributed by atoms with Crippen molar-refractivity contribution in [2.75, 3.05) is 13.1 Å². The van der Waals surface area contributed by atoms with Crippen molar-refractivity contribution in [2.45, 2.75) is 6.92 Å². The Bertz CT molecular complexity index is 194. The van der Waals surface area contributed by atoms with E-state index in [1.807, 2.05) is 12.2 Å². The van der Waals surface area contributed by atoms with E-state index in [4.69, 9.17) is 0 Å². The highest BCUT2D eigenvalue weighted by Gasteiger charge is 2.02. The van der Waals surface area contributed by atoms with E-state index in [0.717, 1.165) is 0 Å². The maximum atomic E-state index is 10.9. The first kappa shape index (κ1) is 10.7. The molecule has 2 heteroatoms. The molecule has 2 nitrogen and oxygen atoms in total. The molecule has 0 atom stereocenters. The van der Waals surface area contributed by atoms with Crippen LogP contribution in [0.4, 0.5) is 0 Å². The predicted octanol–water partition coefficient (Wildman–Crippen LogP) is 1.76. The lowest BCUT2D eigenvalue weighted by Crippen LogP contribution is -2.28. The molecule has 0 rings (SSSR count). The van der Waals surface area contributed by atoms with Crippen LogP contribution in [0.1, 0.15) is 6.92 Å². The Balaban J connectivity index is 3.94. The molecule has 0 aromatic rings. The van der Waals surface area contributed by atoms with Crippen molar-refractivity contribution in [1.29, 1.82) is 0 Å². The van der Waals surface area contributed by atoms with Crippen molar-refractivity contribution in [2.24, 2.45) is 0 Å². The summed E-state index contributed by atoms with van der Waals surface area (Å²) in [5, 5.41) is 0. The van der Waals surface area contributed by atoms with Gasteiger partial charge in [0.05, 0.1) is 0 Å². The average Bonchev–Trinajstić information content (AvgIpc) is 2.03. The monoisotopic (exact) mass is 165 g/mol. The van der Waals surface area contributed by atoms with Gasteiger partial charge in [-0.25, -0.2) is 0 Å². The van der Waals surface area contributed by atoms with Gasteiger partial charge in [0, 0.05) is 20.0 Å². The van der Waals surface area contributed by atoms with Crippen LogP contribution >= 0.6 is 0 Å². The maximum Gasteiger partial charge on any atom is 0.220 e. The molecule has 0 unspecified atom stereocenters. The number of hydrogen-bond acceptors (Lipinski definition) is 1. The lowest BCUT2D eigenvalue weighted by atomic mass is 10.4. The molecule has 0 aliphatic carbocycles. The van der Waals surface area contributed by atoms with Crippen LogP contribution in [0.3, 0.4) is 0 Å². The molecule has 0 bridgehead atoms. The topological polar surface area (TPSA) is 20.3 Å². The summed E-state index contributed by atoms with van der Waals surface area (Å²) in [6, 6.07) is 0. The minimum absolute atomic E-state index is 0.0589. The van der Waals surface area contributed by atoms with Crippen molar-refractivity contribution >= 4 is 5.91 Å². The van der Waals surface area contributed by atoms with E-state index in [2.05, 4.69) is 13.2 Å². The van der Waals surface area contributed by atoms with Gasteiger partial charge in [0.25, 0.3) is 0 Å². The molecule has 66 valence electrons. The highest BCUT2D eigenvalue weighted by Crippen LogP contribution is 1.90. The number of carbonyl (C=O) groups excluding carboxylic acids is 1. The van der Waals surface area contributed by atoms with E-state index >= 15 is 0 Å². The molecule has 0 saturated carbocycles. The van der Waals surface area contributed by atoms with Crippen molar-refractivity contribution in [3.8, 4) is 0 Å². The molecule has 12 heavy (non-hydrogen) atoms. The van der Waals surface area contributed by atoms with Crippen LogP contribution in [0.5, 0.6) is 0 Å². The fraction of sp³-hybridized carbons (Fsp3) is 0.300. The van der Waals surface area contributed by atoms with Crippen molar-refractivity contribution in [3.63, 3.8) is 0 Å². The Labute approximate surface area is 73.9 Å². The summed E-state index contributed by atoms with van der Waals surface area (Å²) in [4.78, 5) is 12.6. The number of hydrogen-bond donors (Lipinski definition) is 0. The van der Waals surface area contributed by atoms with Crippen LogP contribution in [-0.2, 0) is 4.79 Å². The van der Waals surface area contributed by atoms with E-state index in [1.165, 1.54) is 0 Å². The third-order valence-electron chi connectivity index (χ3n) is 1.39. The van der Waals surface area contributed by atoms with Gasteiger partial charge in [0.2, 0.25) is 5.91 Å². The van der Waals surface area contributed by atoms with Crippen LogP contribution in [-0.4, -0.2) is 23.9 Å². The maximum absolute atomic E-state index is 10.9. The minimum atomic E-state index is 0.0589. The average molecular weight is 165 g/mol. The SMILES string of the molecule is C=C/C=C/CN(CC=C)C(C)=O. The van der Waals surface area contributed by atoms with Gasteiger partial charge in [-0.15, -0.1) is 6.58 Å². The summed E-state index contributed by atoms with van der Waals surface area (Å²) in [7, 11) is 0. The molecule has 0 aliphatic heterocycles. The van der Waals surface area contributed by atoms with Gasteiger partial charge < -0.3 is 4.90 Å². The van der Waals surface area contributed by atoms with Crippen LogP contribution in [0.25, 0.3) is 0 Å². The van der Waals surface area contributed by atoms with Crippen LogP contribution in [0, 0.1) is 0 Å². The third kappa shape index (κ3) is 4.50. The third-order valence-corrected chi connectivity index (χ3v) is 1.39. The van der Waals surface area contributed by atoms with E-state index in [1.54, 1.807) is 24.0 Å². The second-order valence-electron chi connectivity index (χ2n) is 2.38. The number of amides is 1. The predicted molar refractivity (Wildman–Crippen MR) is 51.8 cm³/mol. The molecule has 0 spiro atoms. The molecule has 1 amide bonds. The Morgan fingerprint density at radius 1 is 1.42 bits per heavy atom. The number of nitrogens with zero attached hydrogens (tertiary/aromatic N) is 1. The zero-order valence-electron chi connectivity index (χ0n) is 7.49. The van der Waals surface area contributed by atoms with Crippen molar-refractivity contribution in [3.05, 3.63) is 37.5 Å². The zero-order chi connectivity index (χ0) is 9.40. The number of rotatable bonds is 5. The first-order valence-electron chi connectivity index (χ1n) is 3.86. The first-order chi connectivity index (χ1) is 5.72.